The van der Waals surface area contributed by atoms with E-state index in [4.69, 9.17) is 0 Å². The van der Waals surface area contributed by atoms with Crippen molar-refractivity contribution in [3.8, 4) is 0 Å². The first kappa shape index (κ1) is 12.4. The third kappa shape index (κ3) is 3.19. The van der Waals surface area contributed by atoms with Crippen LogP contribution in [0.4, 0.5) is 5.82 Å². The maximum Gasteiger partial charge on any atom is 0.128 e. The molecule has 17 heavy (non-hydrogen) atoms. The van der Waals surface area contributed by atoms with Gasteiger partial charge in [0.05, 0.1) is 0 Å². The zero-order chi connectivity index (χ0) is 12.1. The topological polar surface area (TPSA) is 28.2 Å². The highest BCUT2D eigenvalue weighted by molar-refractivity contribution is 5.39. The molecule has 3 nitrogen and oxygen atoms in total. The molecule has 0 radical (unpaired) electrons. The van der Waals surface area contributed by atoms with Crippen molar-refractivity contribution in [2.45, 2.75) is 38.6 Å². The van der Waals surface area contributed by atoms with E-state index in [0.29, 0.717) is 6.04 Å². The second kappa shape index (κ2) is 6.01. The van der Waals surface area contributed by atoms with Crippen LogP contribution in [0, 0.1) is 0 Å². The highest BCUT2D eigenvalue weighted by Crippen LogP contribution is 2.19. The van der Waals surface area contributed by atoms with E-state index in [9.17, 15) is 0 Å². The summed E-state index contributed by atoms with van der Waals surface area (Å²) in [5.74, 6) is 1.14. The summed E-state index contributed by atoms with van der Waals surface area (Å²) in [6.07, 6.45) is 7.34. The fourth-order valence-corrected chi connectivity index (χ4v) is 2.31. The summed E-state index contributed by atoms with van der Waals surface area (Å²) < 4.78 is 0. The standard InChI is InChI=1S/C14H23N3/c1-12(15-2)13-7-8-14(16-11-13)17-9-5-3-4-6-10-17/h7-8,11-12,15H,3-6,9-10H2,1-2H3. The Morgan fingerprint density at radius 2 is 1.88 bits per heavy atom. The van der Waals surface area contributed by atoms with E-state index in [1.54, 1.807) is 0 Å². The fraction of sp³-hybridized carbons (Fsp3) is 0.643. The zero-order valence-corrected chi connectivity index (χ0v) is 10.9. The van der Waals surface area contributed by atoms with E-state index in [-0.39, 0.29) is 0 Å². The normalized spacial score (nSPS) is 18.8. The molecule has 3 heteroatoms. The molecule has 1 N–H and O–H groups in total. The first-order valence-electron chi connectivity index (χ1n) is 6.69. The van der Waals surface area contributed by atoms with Gasteiger partial charge in [-0.05, 0) is 38.4 Å². The Morgan fingerprint density at radius 3 is 2.41 bits per heavy atom. The summed E-state index contributed by atoms with van der Waals surface area (Å²) in [5.41, 5.74) is 1.26. The molecule has 0 amide bonds. The number of nitrogens with one attached hydrogen (secondary N) is 1. The Balaban J connectivity index is 2.05. The number of aromatic nitrogens is 1. The number of rotatable bonds is 3. The van der Waals surface area contributed by atoms with E-state index in [0.717, 1.165) is 18.9 Å². The van der Waals surface area contributed by atoms with Crippen molar-refractivity contribution in [1.82, 2.24) is 10.3 Å². The molecule has 1 fully saturated rings. The van der Waals surface area contributed by atoms with Crippen LogP contribution < -0.4 is 10.2 Å². The lowest BCUT2D eigenvalue weighted by Gasteiger charge is -2.22. The summed E-state index contributed by atoms with van der Waals surface area (Å²) in [4.78, 5) is 7.02. The Hall–Kier alpha value is -1.09. The molecule has 1 aromatic rings. The molecule has 0 aliphatic carbocycles. The van der Waals surface area contributed by atoms with E-state index in [2.05, 4.69) is 34.3 Å². The molecule has 0 spiro atoms. The number of hydrogen-bond acceptors (Lipinski definition) is 3. The van der Waals surface area contributed by atoms with Crippen molar-refractivity contribution in [3.63, 3.8) is 0 Å². The number of nitrogens with zero attached hydrogens (tertiary/aromatic N) is 2. The van der Waals surface area contributed by atoms with Gasteiger partial charge in [-0.1, -0.05) is 18.9 Å². The average molecular weight is 233 g/mol. The summed E-state index contributed by atoms with van der Waals surface area (Å²) in [7, 11) is 1.98. The van der Waals surface area contributed by atoms with Crippen molar-refractivity contribution >= 4 is 5.82 Å². The highest BCUT2D eigenvalue weighted by atomic mass is 15.2. The number of hydrogen-bond donors (Lipinski definition) is 1. The molecule has 0 saturated carbocycles. The Labute approximate surface area is 104 Å². The van der Waals surface area contributed by atoms with E-state index >= 15 is 0 Å². The fourth-order valence-electron chi connectivity index (χ4n) is 2.31. The van der Waals surface area contributed by atoms with E-state index in [1.165, 1.54) is 31.2 Å². The zero-order valence-electron chi connectivity index (χ0n) is 10.9. The van der Waals surface area contributed by atoms with Crippen molar-refractivity contribution in [2.24, 2.45) is 0 Å². The van der Waals surface area contributed by atoms with Crippen LogP contribution in [-0.2, 0) is 0 Å². The second-order valence-corrected chi connectivity index (χ2v) is 4.86. The van der Waals surface area contributed by atoms with Gasteiger partial charge in [-0.3, -0.25) is 0 Å². The molecule has 1 saturated heterocycles. The summed E-state index contributed by atoms with van der Waals surface area (Å²) in [6, 6.07) is 4.73. The lowest BCUT2D eigenvalue weighted by atomic mass is 10.1. The molecule has 2 rings (SSSR count). The lowest BCUT2D eigenvalue weighted by molar-refractivity contribution is 0.649. The third-order valence-electron chi connectivity index (χ3n) is 3.63. The largest absolute Gasteiger partial charge is 0.357 e. The van der Waals surface area contributed by atoms with Crippen LogP contribution >= 0.6 is 0 Å². The molecule has 2 heterocycles. The summed E-state index contributed by atoms with van der Waals surface area (Å²) in [6.45, 7) is 4.48. The molecular weight excluding hydrogens is 210 g/mol. The van der Waals surface area contributed by atoms with E-state index in [1.807, 2.05) is 13.2 Å². The number of anilines is 1. The van der Waals surface area contributed by atoms with Crippen LogP contribution in [0.25, 0.3) is 0 Å². The van der Waals surface area contributed by atoms with Gasteiger partial charge in [0.15, 0.2) is 0 Å². The molecule has 1 aliphatic rings. The molecule has 0 bridgehead atoms. The predicted molar refractivity (Wildman–Crippen MR) is 72.4 cm³/mol. The summed E-state index contributed by atoms with van der Waals surface area (Å²) >= 11 is 0. The van der Waals surface area contributed by atoms with Gasteiger partial charge in [-0.25, -0.2) is 4.98 Å². The molecule has 1 aliphatic heterocycles. The van der Waals surface area contributed by atoms with E-state index < -0.39 is 0 Å². The highest BCUT2D eigenvalue weighted by Gasteiger charge is 2.11. The average Bonchev–Trinajstić information content (AvgIpc) is 2.67. The first-order valence-corrected chi connectivity index (χ1v) is 6.69. The quantitative estimate of drug-likeness (QED) is 0.870. The SMILES string of the molecule is CNC(C)c1ccc(N2CCCCCC2)nc1. The second-order valence-electron chi connectivity index (χ2n) is 4.86. The minimum atomic E-state index is 0.376. The number of pyridine rings is 1. The first-order chi connectivity index (χ1) is 8.31. The minimum Gasteiger partial charge on any atom is -0.357 e. The smallest absolute Gasteiger partial charge is 0.128 e. The lowest BCUT2D eigenvalue weighted by Crippen LogP contribution is -2.25. The van der Waals surface area contributed by atoms with Gasteiger partial charge in [0.25, 0.3) is 0 Å². The van der Waals surface area contributed by atoms with Gasteiger partial charge >= 0.3 is 0 Å². The molecule has 1 unspecified atom stereocenters. The van der Waals surface area contributed by atoms with Crippen LogP contribution in [0.2, 0.25) is 0 Å². The van der Waals surface area contributed by atoms with Gasteiger partial charge in [-0.15, -0.1) is 0 Å². The van der Waals surface area contributed by atoms with Gasteiger partial charge in [0.2, 0.25) is 0 Å². The van der Waals surface area contributed by atoms with Crippen LogP contribution in [0.5, 0.6) is 0 Å². The maximum absolute atomic E-state index is 4.60. The third-order valence-corrected chi connectivity index (χ3v) is 3.63. The Morgan fingerprint density at radius 1 is 1.18 bits per heavy atom. The maximum atomic E-state index is 4.60. The van der Waals surface area contributed by atoms with Crippen molar-refractivity contribution < 1.29 is 0 Å². The van der Waals surface area contributed by atoms with Crippen molar-refractivity contribution in [2.75, 3.05) is 25.0 Å². The van der Waals surface area contributed by atoms with Crippen molar-refractivity contribution in [1.29, 1.82) is 0 Å². The van der Waals surface area contributed by atoms with Crippen LogP contribution in [0.15, 0.2) is 18.3 Å². The Bertz CT molecular complexity index is 326. The molecule has 94 valence electrons. The van der Waals surface area contributed by atoms with Gasteiger partial charge in [-0.2, -0.15) is 0 Å². The Kier molecular flexibility index (Phi) is 4.37. The summed E-state index contributed by atoms with van der Waals surface area (Å²) in [5, 5.41) is 3.24. The van der Waals surface area contributed by atoms with Crippen molar-refractivity contribution in [3.05, 3.63) is 23.9 Å². The molecule has 0 aromatic carbocycles. The van der Waals surface area contributed by atoms with Gasteiger partial charge in [0, 0.05) is 25.3 Å². The van der Waals surface area contributed by atoms with Crippen LogP contribution in [-0.4, -0.2) is 25.1 Å². The minimum absolute atomic E-state index is 0.376. The van der Waals surface area contributed by atoms with Crippen LogP contribution in [0.3, 0.4) is 0 Å². The van der Waals surface area contributed by atoms with Gasteiger partial charge < -0.3 is 10.2 Å². The van der Waals surface area contributed by atoms with Gasteiger partial charge in [0.1, 0.15) is 5.82 Å². The molecule has 1 atom stereocenters. The molecular formula is C14H23N3. The predicted octanol–water partition coefficient (Wildman–Crippen LogP) is 2.74. The monoisotopic (exact) mass is 233 g/mol. The van der Waals surface area contributed by atoms with Crippen LogP contribution in [0.1, 0.15) is 44.2 Å². The molecule has 1 aromatic heterocycles.